The molecule has 2 aromatic carbocycles. The Bertz CT molecular complexity index is 1010. The normalized spacial score (nSPS) is 18.1. The van der Waals surface area contributed by atoms with Gasteiger partial charge in [-0.3, -0.25) is 4.79 Å². The highest BCUT2D eigenvalue weighted by Crippen LogP contribution is 2.31. The van der Waals surface area contributed by atoms with Gasteiger partial charge in [-0.15, -0.1) is 0 Å². The van der Waals surface area contributed by atoms with E-state index < -0.39 is 0 Å². The monoisotopic (exact) mass is 362 g/mol. The minimum absolute atomic E-state index is 0.0786. The molecule has 5 heteroatoms. The Morgan fingerprint density at radius 2 is 1.96 bits per heavy atom. The molecule has 27 heavy (non-hydrogen) atoms. The second-order valence-corrected chi connectivity index (χ2v) is 7.26. The molecule has 5 nitrogen and oxygen atoms in total. The summed E-state index contributed by atoms with van der Waals surface area (Å²) in [5.74, 6) is 1.40. The molecule has 1 aliphatic carbocycles. The lowest BCUT2D eigenvalue weighted by Crippen LogP contribution is -2.40. The zero-order valence-electron chi connectivity index (χ0n) is 15.1. The Morgan fingerprint density at radius 3 is 2.89 bits per heavy atom. The minimum Gasteiger partial charge on any atom is -0.486 e. The number of carbonyl (C=O) groups excluding carboxylic acids is 1. The number of carbonyl (C=O) groups is 1. The number of nitrogens with one attached hydrogen (secondary N) is 2. The van der Waals surface area contributed by atoms with Crippen molar-refractivity contribution >= 4 is 16.8 Å². The van der Waals surface area contributed by atoms with E-state index in [1.807, 2.05) is 42.5 Å². The van der Waals surface area contributed by atoms with Gasteiger partial charge in [-0.2, -0.15) is 0 Å². The molecule has 0 saturated carbocycles. The number of amides is 1. The number of H-pyrrole nitrogens is 1. The third-order valence-electron chi connectivity index (χ3n) is 5.42. The summed E-state index contributed by atoms with van der Waals surface area (Å²) in [7, 11) is 0. The van der Waals surface area contributed by atoms with Crippen molar-refractivity contribution in [3.63, 3.8) is 0 Å². The maximum absolute atomic E-state index is 12.6. The third kappa shape index (κ3) is 3.03. The lowest BCUT2D eigenvalue weighted by atomic mass is 9.95. The zero-order valence-corrected chi connectivity index (χ0v) is 15.1. The summed E-state index contributed by atoms with van der Waals surface area (Å²) in [4.78, 5) is 16.2. The molecule has 1 atom stereocenters. The van der Waals surface area contributed by atoms with Gasteiger partial charge in [-0.1, -0.05) is 12.1 Å². The van der Waals surface area contributed by atoms with Crippen LogP contribution in [0.25, 0.3) is 10.9 Å². The fourth-order valence-electron chi connectivity index (χ4n) is 4.02. The van der Waals surface area contributed by atoms with Crippen LogP contribution >= 0.6 is 0 Å². The summed E-state index contributed by atoms with van der Waals surface area (Å²) < 4.78 is 11.6. The highest BCUT2D eigenvalue weighted by atomic mass is 16.6. The molecule has 0 radical (unpaired) electrons. The molecule has 0 saturated heterocycles. The number of benzene rings is 2. The van der Waals surface area contributed by atoms with Crippen LogP contribution in [-0.4, -0.2) is 30.1 Å². The number of fused-ring (bicyclic) bond motifs is 4. The van der Waals surface area contributed by atoms with Crippen LogP contribution in [0.5, 0.6) is 11.5 Å². The molecule has 2 N–H and O–H groups in total. The second-order valence-electron chi connectivity index (χ2n) is 7.26. The van der Waals surface area contributed by atoms with Crippen molar-refractivity contribution < 1.29 is 14.3 Å². The first-order valence-electron chi connectivity index (χ1n) is 9.58. The van der Waals surface area contributed by atoms with Gasteiger partial charge in [0.15, 0.2) is 11.5 Å². The Hall–Kier alpha value is -2.95. The number of hydrogen-bond acceptors (Lipinski definition) is 3. The van der Waals surface area contributed by atoms with E-state index in [4.69, 9.17) is 9.47 Å². The molecule has 138 valence electrons. The van der Waals surface area contributed by atoms with Crippen LogP contribution in [0.1, 0.15) is 34.5 Å². The highest BCUT2D eigenvalue weighted by Gasteiger charge is 2.22. The summed E-state index contributed by atoms with van der Waals surface area (Å²) >= 11 is 0. The van der Waals surface area contributed by atoms with E-state index in [1.165, 1.54) is 29.5 Å². The fourth-order valence-corrected chi connectivity index (χ4v) is 4.02. The van der Waals surface area contributed by atoms with E-state index in [1.54, 1.807) is 0 Å². The van der Waals surface area contributed by atoms with E-state index >= 15 is 0 Å². The lowest BCUT2D eigenvalue weighted by Gasteiger charge is -2.26. The number of aryl methyl sites for hydroxylation is 2. The second kappa shape index (κ2) is 6.65. The Morgan fingerprint density at radius 1 is 1.11 bits per heavy atom. The first-order chi connectivity index (χ1) is 13.3. The predicted molar refractivity (Wildman–Crippen MR) is 104 cm³/mol. The first-order valence-corrected chi connectivity index (χ1v) is 9.58. The Labute approximate surface area is 157 Å². The van der Waals surface area contributed by atoms with Crippen LogP contribution in [0, 0.1) is 0 Å². The molecule has 0 fully saturated rings. The van der Waals surface area contributed by atoms with E-state index in [0.29, 0.717) is 18.7 Å². The molecule has 2 aliphatic rings. The van der Waals surface area contributed by atoms with E-state index in [9.17, 15) is 4.79 Å². The summed E-state index contributed by atoms with van der Waals surface area (Å²) in [6, 6.07) is 13.5. The minimum atomic E-state index is -0.187. The van der Waals surface area contributed by atoms with Gasteiger partial charge in [0.2, 0.25) is 0 Å². The summed E-state index contributed by atoms with van der Waals surface area (Å²) in [5, 5.41) is 4.17. The van der Waals surface area contributed by atoms with Crippen molar-refractivity contribution in [1.82, 2.24) is 10.3 Å². The number of rotatable bonds is 3. The van der Waals surface area contributed by atoms with Gasteiger partial charge >= 0.3 is 0 Å². The highest BCUT2D eigenvalue weighted by molar-refractivity contribution is 5.99. The number of para-hydroxylation sites is 2. The molecule has 0 unspecified atom stereocenters. The number of aromatic nitrogens is 1. The molecule has 1 amide bonds. The maximum Gasteiger partial charge on any atom is 0.251 e. The average Bonchev–Trinajstić information content (AvgIpc) is 3.09. The molecule has 0 bridgehead atoms. The lowest BCUT2D eigenvalue weighted by molar-refractivity contribution is 0.0789. The molecule has 0 spiro atoms. The van der Waals surface area contributed by atoms with E-state index in [0.717, 1.165) is 29.9 Å². The number of hydrogen-bond donors (Lipinski definition) is 2. The number of aromatic amines is 1. The SMILES string of the molecule is O=C(NC[C@H]1COc2ccccc2O1)c1ccc2[nH]c3c(c2c1)CCCC3. The van der Waals surface area contributed by atoms with Crippen molar-refractivity contribution in [1.29, 1.82) is 0 Å². The molecular formula is C22H22N2O3. The number of ether oxygens (including phenoxy) is 2. The summed E-state index contributed by atoms with van der Waals surface area (Å²) in [6.45, 7) is 0.845. The predicted octanol–water partition coefficient (Wildman–Crippen LogP) is 3.62. The van der Waals surface area contributed by atoms with Crippen LogP contribution < -0.4 is 14.8 Å². The third-order valence-corrected chi connectivity index (χ3v) is 5.42. The maximum atomic E-state index is 12.6. The topological polar surface area (TPSA) is 63.4 Å². The van der Waals surface area contributed by atoms with Crippen molar-refractivity contribution in [2.24, 2.45) is 0 Å². The van der Waals surface area contributed by atoms with Crippen molar-refractivity contribution in [3.8, 4) is 11.5 Å². The van der Waals surface area contributed by atoms with Crippen LogP contribution in [-0.2, 0) is 12.8 Å². The van der Waals surface area contributed by atoms with Gasteiger partial charge in [0.1, 0.15) is 12.7 Å². The smallest absolute Gasteiger partial charge is 0.251 e. The average molecular weight is 362 g/mol. The molecule has 2 heterocycles. The van der Waals surface area contributed by atoms with Crippen molar-refractivity contribution in [3.05, 3.63) is 59.3 Å². The van der Waals surface area contributed by atoms with Crippen LogP contribution in [0.4, 0.5) is 0 Å². The molecule has 5 rings (SSSR count). The quantitative estimate of drug-likeness (QED) is 0.748. The van der Waals surface area contributed by atoms with E-state index in [2.05, 4.69) is 10.3 Å². The van der Waals surface area contributed by atoms with Gasteiger partial charge in [-0.05, 0) is 61.6 Å². The molecular weight excluding hydrogens is 340 g/mol. The summed E-state index contributed by atoms with van der Waals surface area (Å²) in [6.07, 6.45) is 4.46. The first kappa shape index (κ1) is 16.2. The van der Waals surface area contributed by atoms with Crippen LogP contribution in [0.2, 0.25) is 0 Å². The van der Waals surface area contributed by atoms with Gasteiger partial charge < -0.3 is 19.8 Å². The van der Waals surface area contributed by atoms with Crippen molar-refractivity contribution in [2.45, 2.75) is 31.8 Å². The Kier molecular flexibility index (Phi) is 4.00. The van der Waals surface area contributed by atoms with Crippen molar-refractivity contribution in [2.75, 3.05) is 13.2 Å². The largest absolute Gasteiger partial charge is 0.486 e. The standard InChI is InChI=1S/C22H22N2O3/c25-22(23-12-15-13-26-20-7-3-4-8-21(20)27-15)14-9-10-19-17(11-14)16-5-1-2-6-18(16)24-19/h3-4,7-11,15,24H,1-2,5-6,12-13H2,(H,23,25)/t15-/m0/s1. The molecule has 1 aromatic heterocycles. The van der Waals surface area contributed by atoms with Crippen LogP contribution in [0.15, 0.2) is 42.5 Å². The van der Waals surface area contributed by atoms with Gasteiger partial charge in [-0.25, -0.2) is 0 Å². The van der Waals surface area contributed by atoms with Gasteiger partial charge in [0.25, 0.3) is 5.91 Å². The van der Waals surface area contributed by atoms with Gasteiger partial charge in [0, 0.05) is 22.2 Å². The fraction of sp³-hybridized carbons (Fsp3) is 0.318. The molecule has 3 aromatic rings. The molecule has 1 aliphatic heterocycles. The zero-order chi connectivity index (χ0) is 18.2. The van der Waals surface area contributed by atoms with E-state index in [-0.39, 0.29) is 12.0 Å². The summed E-state index contributed by atoms with van der Waals surface area (Å²) in [5.41, 5.74) is 4.53. The van der Waals surface area contributed by atoms with Crippen LogP contribution in [0.3, 0.4) is 0 Å². The van der Waals surface area contributed by atoms with Gasteiger partial charge in [0.05, 0.1) is 6.54 Å². The Balaban J connectivity index is 1.29.